The van der Waals surface area contributed by atoms with E-state index in [1.54, 1.807) is 18.2 Å². The molecule has 4 heteroatoms. The van der Waals surface area contributed by atoms with E-state index in [-0.39, 0.29) is 5.91 Å². The Bertz CT molecular complexity index is 363. The van der Waals surface area contributed by atoms with Crippen molar-refractivity contribution in [2.75, 3.05) is 5.32 Å². The van der Waals surface area contributed by atoms with Gasteiger partial charge in [-0.1, -0.05) is 17.7 Å². The highest BCUT2D eigenvalue weighted by molar-refractivity contribution is 6.33. The van der Waals surface area contributed by atoms with E-state index in [9.17, 15) is 9.59 Å². The van der Waals surface area contributed by atoms with Crippen molar-refractivity contribution in [1.82, 2.24) is 0 Å². The predicted molar refractivity (Wildman–Crippen MR) is 55.5 cm³/mol. The highest BCUT2D eigenvalue weighted by Crippen LogP contribution is 2.22. The average Bonchev–Trinajstić information content (AvgIpc) is 2.10. The number of rotatable bonds is 3. The molecule has 1 aromatic carbocycles. The molecule has 0 unspecified atom stereocenters. The fourth-order valence-corrected chi connectivity index (χ4v) is 1.32. The molecule has 0 radical (unpaired) electrons. The van der Waals surface area contributed by atoms with Gasteiger partial charge in [-0.05, 0) is 17.7 Å². The van der Waals surface area contributed by atoms with Gasteiger partial charge in [0.2, 0.25) is 5.91 Å². The first-order valence-electron chi connectivity index (χ1n) is 4.13. The number of anilines is 1. The van der Waals surface area contributed by atoms with Crippen molar-refractivity contribution < 1.29 is 9.59 Å². The number of hydrogen-bond acceptors (Lipinski definition) is 2. The normalized spacial score (nSPS) is 9.57. The maximum absolute atomic E-state index is 10.8. The molecule has 0 atom stereocenters. The molecule has 0 heterocycles. The predicted octanol–water partition coefficient (Wildman–Crippen LogP) is 2.04. The van der Waals surface area contributed by atoms with Crippen LogP contribution in [-0.2, 0) is 16.0 Å². The Hall–Kier alpha value is -1.35. The SMILES string of the molecule is CC(=O)Nc1ccc(CC=O)cc1Cl. The molecular formula is C10H10ClNO2. The molecule has 74 valence electrons. The maximum Gasteiger partial charge on any atom is 0.221 e. The fourth-order valence-electron chi connectivity index (χ4n) is 1.07. The number of carbonyl (C=O) groups excluding carboxylic acids is 2. The second-order valence-corrected chi connectivity index (χ2v) is 3.27. The number of carbonyl (C=O) groups is 2. The summed E-state index contributed by atoms with van der Waals surface area (Å²) in [5.41, 5.74) is 1.40. The summed E-state index contributed by atoms with van der Waals surface area (Å²) in [4.78, 5) is 21.0. The summed E-state index contributed by atoms with van der Waals surface area (Å²) in [7, 11) is 0. The Balaban J connectivity index is 2.89. The summed E-state index contributed by atoms with van der Waals surface area (Å²) in [5, 5.41) is 3.03. The van der Waals surface area contributed by atoms with Gasteiger partial charge >= 0.3 is 0 Å². The minimum absolute atomic E-state index is 0.171. The van der Waals surface area contributed by atoms with E-state index in [2.05, 4.69) is 5.32 Å². The molecule has 0 fully saturated rings. The van der Waals surface area contributed by atoms with E-state index in [0.29, 0.717) is 17.1 Å². The van der Waals surface area contributed by atoms with Crippen LogP contribution in [0.2, 0.25) is 5.02 Å². The van der Waals surface area contributed by atoms with Crippen LogP contribution >= 0.6 is 11.6 Å². The zero-order valence-electron chi connectivity index (χ0n) is 7.71. The van der Waals surface area contributed by atoms with Gasteiger partial charge in [0.25, 0.3) is 0 Å². The van der Waals surface area contributed by atoms with Crippen LogP contribution in [0.4, 0.5) is 5.69 Å². The van der Waals surface area contributed by atoms with Crippen molar-refractivity contribution in [3.63, 3.8) is 0 Å². The number of amides is 1. The van der Waals surface area contributed by atoms with Crippen molar-refractivity contribution in [2.45, 2.75) is 13.3 Å². The van der Waals surface area contributed by atoms with E-state index in [1.807, 2.05) is 0 Å². The summed E-state index contributed by atoms with van der Waals surface area (Å²) in [5.74, 6) is -0.171. The molecule has 0 saturated heterocycles. The number of benzene rings is 1. The van der Waals surface area contributed by atoms with Gasteiger partial charge in [0.1, 0.15) is 6.29 Å². The van der Waals surface area contributed by atoms with Gasteiger partial charge in [0.05, 0.1) is 10.7 Å². The minimum Gasteiger partial charge on any atom is -0.325 e. The summed E-state index contributed by atoms with van der Waals surface area (Å²) in [6.45, 7) is 1.41. The van der Waals surface area contributed by atoms with E-state index in [1.165, 1.54) is 6.92 Å². The van der Waals surface area contributed by atoms with E-state index in [0.717, 1.165) is 11.8 Å². The topological polar surface area (TPSA) is 46.2 Å². The molecule has 1 amide bonds. The van der Waals surface area contributed by atoms with Gasteiger partial charge < -0.3 is 10.1 Å². The third-order valence-corrected chi connectivity index (χ3v) is 1.98. The molecule has 14 heavy (non-hydrogen) atoms. The minimum atomic E-state index is -0.171. The quantitative estimate of drug-likeness (QED) is 0.778. The average molecular weight is 212 g/mol. The van der Waals surface area contributed by atoms with Crippen LogP contribution in [0.5, 0.6) is 0 Å². The third-order valence-electron chi connectivity index (χ3n) is 1.66. The molecule has 0 saturated carbocycles. The number of aldehydes is 1. The fraction of sp³-hybridized carbons (Fsp3) is 0.200. The molecule has 0 aliphatic heterocycles. The summed E-state index contributed by atoms with van der Waals surface area (Å²) >= 11 is 5.88. The first-order chi connectivity index (χ1) is 6.63. The number of nitrogens with one attached hydrogen (secondary N) is 1. The van der Waals surface area contributed by atoms with Gasteiger partial charge in [-0.15, -0.1) is 0 Å². The van der Waals surface area contributed by atoms with Crippen molar-refractivity contribution in [3.05, 3.63) is 28.8 Å². The summed E-state index contributed by atoms with van der Waals surface area (Å²) in [6, 6.07) is 5.11. The Kier molecular flexibility index (Phi) is 3.65. The zero-order chi connectivity index (χ0) is 10.6. The van der Waals surface area contributed by atoms with Crippen molar-refractivity contribution >= 4 is 29.5 Å². The molecule has 0 aliphatic carbocycles. The van der Waals surface area contributed by atoms with Crippen LogP contribution in [-0.4, -0.2) is 12.2 Å². The van der Waals surface area contributed by atoms with Crippen LogP contribution in [0.1, 0.15) is 12.5 Å². The van der Waals surface area contributed by atoms with Crippen molar-refractivity contribution in [3.8, 4) is 0 Å². The highest BCUT2D eigenvalue weighted by Gasteiger charge is 2.02. The van der Waals surface area contributed by atoms with Gasteiger partial charge in [0, 0.05) is 13.3 Å². The van der Waals surface area contributed by atoms with Crippen LogP contribution in [0.3, 0.4) is 0 Å². The molecule has 0 spiro atoms. The molecule has 3 nitrogen and oxygen atoms in total. The maximum atomic E-state index is 10.8. The van der Waals surface area contributed by atoms with Gasteiger partial charge in [-0.25, -0.2) is 0 Å². The first-order valence-corrected chi connectivity index (χ1v) is 4.51. The summed E-state index contributed by atoms with van der Waals surface area (Å²) < 4.78 is 0. The number of hydrogen-bond donors (Lipinski definition) is 1. The van der Waals surface area contributed by atoms with Crippen LogP contribution in [0.15, 0.2) is 18.2 Å². The first kappa shape index (κ1) is 10.7. The number of halogens is 1. The van der Waals surface area contributed by atoms with Crippen LogP contribution < -0.4 is 5.32 Å². The van der Waals surface area contributed by atoms with E-state index >= 15 is 0 Å². The molecule has 1 rings (SSSR count). The second kappa shape index (κ2) is 4.77. The second-order valence-electron chi connectivity index (χ2n) is 2.87. The lowest BCUT2D eigenvalue weighted by atomic mass is 10.1. The van der Waals surface area contributed by atoms with Crippen molar-refractivity contribution in [2.24, 2.45) is 0 Å². The molecule has 1 N–H and O–H groups in total. The molecule has 0 bridgehead atoms. The van der Waals surface area contributed by atoms with Crippen molar-refractivity contribution in [1.29, 1.82) is 0 Å². The summed E-state index contributed by atoms with van der Waals surface area (Å²) in [6.07, 6.45) is 1.14. The largest absolute Gasteiger partial charge is 0.325 e. The van der Waals surface area contributed by atoms with E-state index in [4.69, 9.17) is 11.6 Å². The van der Waals surface area contributed by atoms with Crippen LogP contribution in [0.25, 0.3) is 0 Å². The Labute approximate surface area is 87.1 Å². The van der Waals surface area contributed by atoms with Gasteiger partial charge in [-0.3, -0.25) is 4.79 Å². The lowest BCUT2D eigenvalue weighted by Crippen LogP contribution is -2.06. The Morgan fingerprint density at radius 1 is 1.57 bits per heavy atom. The molecule has 0 aromatic heterocycles. The monoisotopic (exact) mass is 211 g/mol. The third kappa shape index (κ3) is 2.85. The molecule has 0 aliphatic rings. The van der Waals surface area contributed by atoms with Crippen LogP contribution in [0, 0.1) is 0 Å². The Morgan fingerprint density at radius 2 is 2.29 bits per heavy atom. The lowest BCUT2D eigenvalue weighted by molar-refractivity contribution is -0.114. The van der Waals surface area contributed by atoms with E-state index < -0.39 is 0 Å². The standard InChI is InChI=1S/C10H10ClNO2/c1-7(14)12-10-3-2-8(4-5-13)6-9(10)11/h2-3,5-6H,4H2,1H3,(H,12,14). The molecule has 1 aromatic rings. The highest BCUT2D eigenvalue weighted by atomic mass is 35.5. The van der Waals surface area contributed by atoms with Gasteiger partial charge in [0.15, 0.2) is 0 Å². The molecular weight excluding hydrogens is 202 g/mol. The smallest absolute Gasteiger partial charge is 0.221 e. The lowest BCUT2D eigenvalue weighted by Gasteiger charge is -2.05. The van der Waals surface area contributed by atoms with Gasteiger partial charge in [-0.2, -0.15) is 0 Å². The zero-order valence-corrected chi connectivity index (χ0v) is 8.47. The Morgan fingerprint density at radius 3 is 2.79 bits per heavy atom.